The lowest BCUT2D eigenvalue weighted by Crippen LogP contribution is -2.39. The Hall–Kier alpha value is -1.30. The molecule has 1 heterocycles. The first-order valence-electron chi connectivity index (χ1n) is 8.14. The number of hydrogen-bond donors (Lipinski definition) is 2. The topological polar surface area (TPSA) is 75.4 Å². The maximum absolute atomic E-state index is 12.2. The largest absolute Gasteiger partial charge is 0.351 e. The van der Waals surface area contributed by atoms with E-state index in [-0.39, 0.29) is 42.2 Å². The SMILES string of the molecule is Cl.N[C@@H]1CCC[C@H]1CC(=O)NC1CC(=O)N(c2ccccc2Cl)C1. The first-order chi connectivity index (χ1) is 11.0. The molecule has 2 aliphatic rings. The average Bonchev–Trinajstić information content (AvgIpc) is 3.06. The second-order valence-corrected chi connectivity index (χ2v) is 6.89. The third-order valence-electron chi connectivity index (χ3n) is 4.80. The van der Waals surface area contributed by atoms with E-state index in [1.165, 1.54) is 0 Å². The first-order valence-corrected chi connectivity index (χ1v) is 8.52. The van der Waals surface area contributed by atoms with Gasteiger partial charge >= 0.3 is 0 Å². The van der Waals surface area contributed by atoms with Crippen molar-refractivity contribution in [3.63, 3.8) is 0 Å². The highest BCUT2D eigenvalue weighted by atomic mass is 35.5. The lowest BCUT2D eigenvalue weighted by atomic mass is 9.99. The predicted molar refractivity (Wildman–Crippen MR) is 97.5 cm³/mol. The standard InChI is InChI=1S/C17H22ClN3O2.ClH/c18-13-5-1-2-7-15(13)21-10-12(9-17(21)23)20-16(22)8-11-4-3-6-14(11)19;/h1-2,5,7,11-12,14H,3-4,6,8-10,19H2,(H,20,22);1H/t11-,12?,14+;/m0./s1. The number of nitrogens with zero attached hydrogens (tertiary/aromatic N) is 1. The normalized spacial score (nSPS) is 26.3. The zero-order valence-corrected chi connectivity index (χ0v) is 15.0. The molecule has 3 atom stereocenters. The van der Waals surface area contributed by atoms with E-state index in [1.54, 1.807) is 11.0 Å². The molecule has 2 amide bonds. The van der Waals surface area contributed by atoms with Crippen molar-refractivity contribution in [3.05, 3.63) is 29.3 Å². The molecule has 0 aromatic heterocycles. The molecule has 24 heavy (non-hydrogen) atoms. The van der Waals surface area contributed by atoms with Gasteiger partial charge in [0.1, 0.15) is 0 Å². The fraction of sp³-hybridized carbons (Fsp3) is 0.529. The lowest BCUT2D eigenvalue weighted by Gasteiger charge is -2.19. The van der Waals surface area contributed by atoms with Crippen molar-refractivity contribution in [2.45, 2.75) is 44.2 Å². The Morgan fingerprint density at radius 2 is 2.08 bits per heavy atom. The van der Waals surface area contributed by atoms with Gasteiger partial charge in [0.05, 0.1) is 16.8 Å². The van der Waals surface area contributed by atoms with Crippen LogP contribution in [0.2, 0.25) is 5.02 Å². The Bertz CT molecular complexity index is 611. The Balaban J connectivity index is 0.00000208. The van der Waals surface area contributed by atoms with E-state index < -0.39 is 0 Å². The number of anilines is 1. The molecule has 0 bridgehead atoms. The highest BCUT2D eigenvalue weighted by Crippen LogP contribution is 2.29. The van der Waals surface area contributed by atoms with Gasteiger partial charge in [0.25, 0.3) is 0 Å². The average molecular weight is 372 g/mol. The Morgan fingerprint density at radius 3 is 2.75 bits per heavy atom. The van der Waals surface area contributed by atoms with Crippen molar-refractivity contribution in [1.29, 1.82) is 0 Å². The predicted octanol–water partition coefficient (Wildman–Crippen LogP) is 2.50. The minimum absolute atomic E-state index is 0. The summed E-state index contributed by atoms with van der Waals surface area (Å²) in [6, 6.07) is 7.23. The monoisotopic (exact) mass is 371 g/mol. The summed E-state index contributed by atoms with van der Waals surface area (Å²) in [5.74, 6) is 0.249. The van der Waals surface area contributed by atoms with Gasteiger partial charge in [-0.25, -0.2) is 0 Å². The number of para-hydroxylation sites is 1. The van der Waals surface area contributed by atoms with Crippen LogP contribution in [0, 0.1) is 5.92 Å². The molecule has 1 unspecified atom stereocenters. The van der Waals surface area contributed by atoms with Gasteiger partial charge < -0.3 is 16.0 Å². The number of benzene rings is 1. The number of carbonyl (C=O) groups is 2. The van der Waals surface area contributed by atoms with Crippen LogP contribution in [0.25, 0.3) is 0 Å². The highest BCUT2D eigenvalue weighted by molar-refractivity contribution is 6.33. The summed E-state index contributed by atoms with van der Waals surface area (Å²) in [5, 5.41) is 3.52. The summed E-state index contributed by atoms with van der Waals surface area (Å²) >= 11 is 6.16. The summed E-state index contributed by atoms with van der Waals surface area (Å²) in [6.07, 6.45) is 3.89. The van der Waals surface area contributed by atoms with Crippen molar-refractivity contribution >= 4 is 41.5 Å². The van der Waals surface area contributed by atoms with E-state index in [1.807, 2.05) is 18.2 Å². The molecule has 1 aliphatic carbocycles. The van der Waals surface area contributed by atoms with Gasteiger partial charge in [-0.2, -0.15) is 0 Å². The Kier molecular flexibility index (Phi) is 6.49. The second-order valence-electron chi connectivity index (χ2n) is 6.48. The second kappa shape index (κ2) is 8.19. The molecule has 2 fully saturated rings. The smallest absolute Gasteiger partial charge is 0.229 e. The van der Waals surface area contributed by atoms with Gasteiger partial charge in [0, 0.05) is 25.4 Å². The quantitative estimate of drug-likeness (QED) is 0.853. The van der Waals surface area contributed by atoms with Gasteiger partial charge in [-0.1, -0.05) is 30.2 Å². The number of nitrogens with one attached hydrogen (secondary N) is 1. The van der Waals surface area contributed by atoms with E-state index >= 15 is 0 Å². The molecular weight excluding hydrogens is 349 g/mol. The summed E-state index contributed by atoms with van der Waals surface area (Å²) in [4.78, 5) is 26.1. The summed E-state index contributed by atoms with van der Waals surface area (Å²) < 4.78 is 0. The molecule has 1 saturated carbocycles. The molecule has 1 aromatic carbocycles. The van der Waals surface area contributed by atoms with Gasteiger partial charge in [-0.3, -0.25) is 9.59 Å². The fourth-order valence-corrected chi connectivity index (χ4v) is 3.79. The van der Waals surface area contributed by atoms with Gasteiger partial charge in [0.2, 0.25) is 11.8 Å². The van der Waals surface area contributed by atoms with Crippen LogP contribution in [0.5, 0.6) is 0 Å². The molecule has 5 nitrogen and oxygen atoms in total. The van der Waals surface area contributed by atoms with E-state index in [0.717, 1.165) is 19.3 Å². The zero-order valence-electron chi connectivity index (χ0n) is 13.4. The Labute approximate surface area is 153 Å². The minimum Gasteiger partial charge on any atom is -0.351 e. The fourth-order valence-electron chi connectivity index (χ4n) is 3.55. The van der Waals surface area contributed by atoms with Crippen LogP contribution < -0.4 is 16.0 Å². The van der Waals surface area contributed by atoms with Crippen molar-refractivity contribution in [2.75, 3.05) is 11.4 Å². The van der Waals surface area contributed by atoms with E-state index in [0.29, 0.717) is 30.1 Å². The summed E-state index contributed by atoms with van der Waals surface area (Å²) in [7, 11) is 0. The number of nitrogens with two attached hydrogens (primary N) is 1. The highest BCUT2D eigenvalue weighted by Gasteiger charge is 2.33. The molecule has 1 aliphatic heterocycles. The first kappa shape index (κ1) is 19.0. The van der Waals surface area contributed by atoms with Crippen molar-refractivity contribution in [3.8, 4) is 0 Å². The van der Waals surface area contributed by atoms with Crippen LogP contribution in [0.4, 0.5) is 5.69 Å². The van der Waals surface area contributed by atoms with Crippen LogP contribution in [0.3, 0.4) is 0 Å². The van der Waals surface area contributed by atoms with Crippen molar-refractivity contribution in [1.82, 2.24) is 5.32 Å². The lowest BCUT2D eigenvalue weighted by molar-refractivity contribution is -0.122. The zero-order chi connectivity index (χ0) is 16.4. The number of carbonyl (C=O) groups excluding carboxylic acids is 2. The summed E-state index contributed by atoms with van der Waals surface area (Å²) in [5.41, 5.74) is 6.72. The maximum Gasteiger partial charge on any atom is 0.229 e. The minimum atomic E-state index is -0.163. The molecule has 1 aromatic rings. The van der Waals surface area contributed by atoms with Crippen LogP contribution in [-0.2, 0) is 9.59 Å². The third-order valence-corrected chi connectivity index (χ3v) is 5.12. The van der Waals surface area contributed by atoms with Crippen molar-refractivity contribution in [2.24, 2.45) is 11.7 Å². The van der Waals surface area contributed by atoms with Crippen LogP contribution in [0.1, 0.15) is 32.1 Å². The van der Waals surface area contributed by atoms with E-state index in [9.17, 15) is 9.59 Å². The molecular formula is C17H23Cl2N3O2. The number of halogens is 2. The van der Waals surface area contributed by atoms with Crippen LogP contribution in [-0.4, -0.2) is 30.4 Å². The molecule has 3 rings (SSSR count). The maximum atomic E-state index is 12.2. The molecule has 3 N–H and O–H groups in total. The van der Waals surface area contributed by atoms with Crippen molar-refractivity contribution < 1.29 is 9.59 Å². The summed E-state index contributed by atoms with van der Waals surface area (Å²) in [6.45, 7) is 0.463. The number of rotatable bonds is 4. The molecule has 0 spiro atoms. The van der Waals surface area contributed by atoms with Gasteiger partial charge in [0.15, 0.2) is 0 Å². The molecule has 132 valence electrons. The van der Waals surface area contributed by atoms with E-state index in [4.69, 9.17) is 17.3 Å². The van der Waals surface area contributed by atoms with E-state index in [2.05, 4.69) is 5.32 Å². The number of hydrogen-bond acceptors (Lipinski definition) is 3. The molecule has 0 radical (unpaired) electrons. The van der Waals surface area contributed by atoms with Gasteiger partial charge in [-0.05, 0) is 30.9 Å². The van der Waals surface area contributed by atoms with Gasteiger partial charge in [-0.15, -0.1) is 12.4 Å². The Morgan fingerprint density at radius 1 is 1.33 bits per heavy atom. The number of amides is 2. The van der Waals surface area contributed by atoms with Crippen LogP contribution in [0.15, 0.2) is 24.3 Å². The molecule has 1 saturated heterocycles. The van der Waals surface area contributed by atoms with Crippen LogP contribution >= 0.6 is 24.0 Å². The third kappa shape index (κ3) is 4.21. The molecule has 7 heteroatoms.